The van der Waals surface area contributed by atoms with Gasteiger partial charge in [-0.2, -0.15) is 0 Å². The molecule has 9 nitrogen and oxygen atoms in total. The molecule has 0 bridgehead atoms. The maximum Gasteiger partial charge on any atom is 0.264 e. The highest BCUT2D eigenvalue weighted by Crippen LogP contribution is 2.33. The van der Waals surface area contributed by atoms with E-state index in [0.717, 1.165) is 11.1 Å². The molecule has 1 atom stereocenters. The number of carbonyl (C=O) groups excluding carboxylic acids is 3. The summed E-state index contributed by atoms with van der Waals surface area (Å²) in [5.41, 5.74) is 8.07. The van der Waals surface area contributed by atoms with Crippen LogP contribution in [0.3, 0.4) is 0 Å². The van der Waals surface area contributed by atoms with Crippen molar-refractivity contribution >= 4 is 40.9 Å². The highest BCUT2D eigenvalue weighted by atomic mass is 35.5. The summed E-state index contributed by atoms with van der Waals surface area (Å²) in [6, 6.07) is 16.8. The molecule has 0 spiro atoms. The number of fused-ring (bicyclic) bond motifs is 1. The van der Waals surface area contributed by atoms with E-state index in [1.54, 1.807) is 18.2 Å². The van der Waals surface area contributed by atoms with E-state index in [0.29, 0.717) is 28.6 Å². The number of amides is 3. The summed E-state index contributed by atoms with van der Waals surface area (Å²) in [5.74, 6) is -0.385. The second-order valence-corrected chi connectivity index (χ2v) is 9.62. The second-order valence-electron chi connectivity index (χ2n) is 8.81. The van der Waals surface area contributed by atoms with Gasteiger partial charge in [0.15, 0.2) is 17.7 Å². The molecule has 3 N–H and O–H groups in total. The van der Waals surface area contributed by atoms with E-state index >= 15 is 0 Å². The lowest BCUT2D eigenvalue weighted by Crippen LogP contribution is -2.53. The standard InChI is InChI=1S/C27H24Cl2N4O5/c28-20-6-4-18(11-21(20)29)26(35)32-8-9-33(27(36)19-5-7-22-23(12-19)38-15-37-22)25(32)24(34)31-14-17-3-1-2-16(10-17)13-30/h1-7,10-12,25H,8-9,13-15,30H2,(H,31,34). The number of benzene rings is 3. The Morgan fingerprint density at radius 1 is 0.842 bits per heavy atom. The number of carbonyl (C=O) groups is 3. The topological polar surface area (TPSA) is 114 Å². The van der Waals surface area contributed by atoms with E-state index in [4.69, 9.17) is 38.4 Å². The molecule has 5 rings (SSSR count). The summed E-state index contributed by atoms with van der Waals surface area (Å²) >= 11 is 12.2. The van der Waals surface area contributed by atoms with Gasteiger partial charge in [-0.05, 0) is 47.5 Å². The molecule has 2 heterocycles. The fraction of sp³-hybridized carbons (Fsp3) is 0.222. The molecule has 3 amide bonds. The van der Waals surface area contributed by atoms with Crippen molar-refractivity contribution in [3.8, 4) is 11.5 Å². The van der Waals surface area contributed by atoms with Crippen LogP contribution in [-0.4, -0.2) is 53.6 Å². The third-order valence-electron chi connectivity index (χ3n) is 6.41. The lowest BCUT2D eigenvalue weighted by atomic mass is 10.1. The minimum atomic E-state index is -1.19. The van der Waals surface area contributed by atoms with Crippen LogP contribution in [0.2, 0.25) is 10.0 Å². The Kier molecular flexibility index (Phi) is 7.42. The molecule has 0 radical (unpaired) electrons. The van der Waals surface area contributed by atoms with Crippen LogP contribution in [0.5, 0.6) is 11.5 Å². The van der Waals surface area contributed by atoms with Crippen LogP contribution in [-0.2, 0) is 17.9 Å². The Bertz CT molecular complexity index is 1420. The van der Waals surface area contributed by atoms with Crippen molar-refractivity contribution in [1.82, 2.24) is 15.1 Å². The molecule has 1 fully saturated rings. The molecular weight excluding hydrogens is 531 g/mol. The zero-order chi connectivity index (χ0) is 26.8. The molecule has 196 valence electrons. The fourth-order valence-corrected chi connectivity index (χ4v) is 4.77. The number of hydrogen-bond acceptors (Lipinski definition) is 6. The maximum atomic E-state index is 13.6. The Balaban J connectivity index is 1.42. The quantitative estimate of drug-likeness (QED) is 0.482. The number of rotatable bonds is 6. The van der Waals surface area contributed by atoms with Gasteiger partial charge < -0.3 is 30.3 Å². The van der Waals surface area contributed by atoms with E-state index in [9.17, 15) is 14.4 Å². The van der Waals surface area contributed by atoms with Crippen LogP contribution in [0, 0.1) is 0 Å². The van der Waals surface area contributed by atoms with Gasteiger partial charge in [0.05, 0.1) is 10.0 Å². The molecule has 3 aromatic rings. The Morgan fingerprint density at radius 3 is 2.21 bits per heavy atom. The number of halogens is 2. The lowest BCUT2D eigenvalue weighted by molar-refractivity contribution is -0.128. The average Bonchev–Trinajstić information content (AvgIpc) is 3.59. The first-order chi connectivity index (χ1) is 18.4. The van der Waals surface area contributed by atoms with Crippen LogP contribution in [0.25, 0.3) is 0 Å². The van der Waals surface area contributed by atoms with Gasteiger partial charge in [-0.15, -0.1) is 0 Å². The molecule has 0 aromatic heterocycles. The molecule has 1 saturated heterocycles. The van der Waals surface area contributed by atoms with E-state index in [-0.39, 0.29) is 37.0 Å². The first-order valence-electron chi connectivity index (χ1n) is 11.9. The lowest BCUT2D eigenvalue weighted by Gasteiger charge is -2.29. The third-order valence-corrected chi connectivity index (χ3v) is 7.15. The number of hydrogen-bond donors (Lipinski definition) is 2. The highest BCUT2D eigenvalue weighted by molar-refractivity contribution is 6.42. The molecule has 2 aliphatic rings. The predicted octanol–water partition coefficient (Wildman–Crippen LogP) is 3.42. The van der Waals surface area contributed by atoms with E-state index < -0.39 is 23.9 Å². The van der Waals surface area contributed by atoms with Gasteiger partial charge in [0, 0.05) is 37.3 Å². The number of nitrogens with two attached hydrogens (primary N) is 1. The maximum absolute atomic E-state index is 13.6. The van der Waals surface area contributed by atoms with Gasteiger partial charge in [0.25, 0.3) is 17.7 Å². The second kappa shape index (κ2) is 10.9. The smallest absolute Gasteiger partial charge is 0.264 e. The largest absolute Gasteiger partial charge is 0.454 e. The van der Waals surface area contributed by atoms with Gasteiger partial charge in [-0.1, -0.05) is 47.5 Å². The molecule has 2 aliphatic heterocycles. The van der Waals surface area contributed by atoms with Crippen molar-refractivity contribution < 1.29 is 23.9 Å². The molecule has 1 unspecified atom stereocenters. The number of nitrogens with one attached hydrogen (secondary N) is 1. The van der Waals surface area contributed by atoms with Gasteiger partial charge in [-0.25, -0.2) is 0 Å². The SMILES string of the molecule is NCc1cccc(CNC(=O)C2N(C(=O)c3ccc(Cl)c(Cl)c3)CCN2C(=O)c2ccc3c(c2)OCO3)c1. The first-order valence-corrected chi connectivity index (χ1v) is 12.6. The monoisotopic (exact) mass is 554 g/mol. The van der Waals surface area contributed by atoms with Gasteiger partial charge in [-0.3, -0.25) is 14.4 Å². The van der Waals surface area contributed by atoms with Gasteiger partial charge in [0.1, 0.15) is 0 Å². The third kappa shape index (κ3) is 5.13. The van der Waals surface area contributed by atoms with Crippen LogP contribution in [0.1, 0.15) is 31.8 Å². The Morgan fingerprint density at radius 2 is 1.50 bits per heavy atom. The van der Waals surface area contributed by atoms with E-state index in [1.165, 1.54) is 28.0 Å². The van der Waals surface area contributed by atoms with Crippen molar-refractivity contribution in [2.45, 2.75) is 19.3 Å². The Hall–Kier alpha value is -3.79. The summed E-state index contributed by atoms with van der Waals surface area (Å²) in [7, 11) is 0. The molecule has 0 saturated carbocycles. The van der Waals surface area contributed by atoms with Crippen molar-refractivity contribution in [3.63, 3.8) is 0 Å². The predicted molar refractivity (Wildman–Crippen MR) is 141 cm³/mol. The zero-order valence-electron chi connectivity index (χ0n) is 20.2. The molecule has 11 heteroatoms. The Labute approximate surface area is 229 Å². The van der Waals surface area contributed by atoms with Crippen molar-refractivity contribution in [1.29, 1.82) is 0 Å². The summed E-state index contributed by atoms with van der Waals surface area (Å²) < 4.78 is 10.7. The summed E-state index contributed by atoms with van der Waals surface area (Å²) in [4.78, 5) is 43.4. The van der Waals surface area contributed by atoms with Crippen molar-refractivity contribution in [3.05, 3.63) is 93.0 Å². The zero-order valence-corrected chi connectivity index (χ0v) is 21.7. The van der Waals surface area contributed by atoms with Crippen LogP contribution >= 0.6 is 23.2 Å². The van der Waals surface area contributed by atoms with Crippen molar-refractivity contribution in [2.24, 2.45) is 5.73 Å². The molecule has 0 aliphatic carbocycles. The molecule has 38 heavy (non-hydrogen) atoms. The summed E-state index contributed by atoms with van der Waals surface area (Å²) in [5, 5.41) is 3.39. The van der Waals surface area contributed by atoms with E-state index in [1.807, 2.05) is 24.3 Å². The van der Waals surface area contributed by atoms with Gasteiger partial charge >= 0.3 is 0 Å². The van der Waals surface area contributed by atoms with Crippen LogP contribution < -0.4 is 20.5 Å². The first kappa shape index (κ1) is 25.8. The van der Waals surface area contributed by atoms with Crippen LogP contribution in [0.15, 0.2) is 60.7 Å². The van der Waals surface area contributed by atoms with Crippen molar-refractivity contribution in [2.75, 3.05) is 19.9 Å². The number of nitrogens with zero attached hydrogens (tertiary/aromatic N) is 2. The molecular formula is C27H24Cl2N4O5. The minimum absolute atomic E-state index is 0.0685. The number of ether oxygens (including phenoxy) is 2. The normalized spacial score (nSPS) is 16.0. The van der Waals surface area contributed by atoms with Crippen LogP contribution in [0.4, 0.5) is 0 Å². The fourth-order valence-electron chi connectivity index (χ4n) is 4.47. The summed E-state index contributed by atoms with van der Waals surface area (Å²) in [6.07, 6.45) is -1.19. The molecule has 3 aromatic carbocycles. The highest BCUT2D eigenvalue weighted by Gasteiger charge is 2.43. The summed E-state index contributed by atoms with van der Waals surface area (Å²) in [6.45, 7) is 0.939. The minimum Gasteiger partial charge on any atom is -0.454 e. The van der Waals surface area contributed by atoms with E-state index in [2.05, 4.69) is 5.32 Å². The average molecular weight is 555 g/mol. The van der Waals surface area contributed by atoms with Gasteiger partial charge in [0.2, 0.25) is 6.79 Å².